The van der Waals surface area contributed by atoms with Crippen LogP contribution in [0.3, 0.4) is 0 Å². The molecule has 0 saturated heterocycles. The molecule has 1 amide bonds. The Kier molecular flexibility index (Phi) is 7.55. The Balaban J connectivity index is 0.00000324. The van der Waals surface area contributed by atoms with Crippen LogP contribution in [-0.2, 0) is 11.3 Å². The molecule has 1 unspecified atom stereocenters. The number of nitrogens with one attached hydrogen (secondary N) is 1. The molecule has 0 aliphatic rings. The van der Waals surface area contributed by atoms with Gasteiger partial charge in [0, 0.05) is 11.0 Å². The number of halogens is 3. The van der Waals surface area contributed by atoms with Gasteiger partial charge in [-0.05, 0) is 31.0 Å². The minimum Gasteiger partial charge on any atom is -0.350 e. The molecule has 1 aromatic carbocycles. The molecule has 0 heterocycles. The Morgan fingerprint density at radius 2 is 2.16 bits per heavy atom. The fourth-order valence-corrected chi connectivity index (χ4v) is 2.17. The second-order valence-corrected chi connectivity index (χ2v) is 5.44. The summed E-state index contributed by atoms with van der Waals surface area (Å²) in [5.74, 6) is -0.507. The van der Waals surface area contributed by atoms with Gasteiger partial charge in [-0.1, -0.05) is 35.3 Å². The number of carbonyl (C=O) groups excluding carboxylic acids is 1. The van der Waals surface area contributed by atoms with Crippen LogP contribution >= 0.6 is 28.3 Å². The van der Waals surface area contributed by atoms with Crippen LogP contribution in [0.2, 0.25) is 0 Å². The molecule has 3 N–H and O–H groups in total. The third-order valence-corrected chi connectivity index (χ3v) is 3.48. The zero-order valence-corrected chi connectivity index (χ0v) is 13.4. The Morgan fingerprint density at radius 3 is 2.68 bits per heavy atom. The lowest BCUT2D eigenvalue weighted by Gasteiger charge is -2.23. The first-order valence-electron chi connectivity index (χ1n) is 5.88. The van der Waals surface area contributed by atoms with Gasteiger partial charge in [0.1, 0.15) is 5.82 Å². The zero-order chi connectivity index (χ0) is 13.8. The summed E-state index contributed by atoms with van der Waals surface area (Å²) in [5, 5.41) is 2.77. The van der Waals surface area contributed by atoms with Gasteiger partial charge in [-0.2, -0.15) is 0 Å². The molecule has 1 aromatic rings. The number of benzene rings is 1. The Bertz CT molecular complexity index is 441. The van der Waals surface area contributed by atoms with Crippen molar-refractivity contribution >= 4 is 34.2 Å². The van der Waals surface area contributed by atoms with E-state index in [-0.39, 0.29) is 24.1 Å². The van der Waals surface area contributed by atoms with Crippen molar-refractivity contribution in [3.63, 3.8) is 0 Å². The van der Waals surface area contributed by atoms with Crippen molar-refractivity contribution in [2.24, 2.45) is 5.73 Å². The topological polar surface area (TPSA) is 55.1 Å². The first-order valence-corrected chi connectivity index (χ1v) is 6.67. The predicted octanol–water partition coefficient (Wildman–Crippen LogP) is 3.14. The van der Waals surface area contributed by atoms with E-state index in [1.807, 2.05) is 6.92 Å². The van der Waals surface area contributed by atoms with E-state index in [1.165, 1.54) is 12.1 Å². The molecule has 6 heteroatoms. The van der Waals surface area contributed by atoms with E-state index in [4.69, 9.17) is 5.73 Å². The van der Waals surface area contributed by atoms with Crippen LogP contribution in [0.1, 0.15) is 32.3 Å². The number of nitrogens with two attached hydrogens (primary N) is 1. The molecule has 0 saturated carbocycles. The number of carbonyl (C=O) groups is 1. The summed E-state index contributed by atoms with van der Waals surface area (Å²) in [4.78, 5) is 11.9. The van der Waals surface area contributed by atoms with Crippen molar-refractivity contribution in [1.82, 2.24) is 5.32 Å². The first-order chi connectivity index (χ1) is 8.36. The lowest BCUT2D eigenvalue weighted by molar-refractivity contribution is -0.126. The first kappa shape index (κ1) is 18.4. The standard InChI is InChI=1S/C13H18BrFN2O.ClH/c1-3-6-13(2,16)12(18)17-8-9-4-5-10(15)7-11(9)14;/h4-5,7H,3,6,8,16H2,1-2H3,(H,17,18);1H. The molecular formula is C13H19BrClFN2O. The highest BCUT2D eigenvalue weighted by Crippen LogP contribution is 2.18. The fraction of sp³-hybridized carbons (Fsp3) is 0.462. The van der Waals surface area contributed by atoms with E-state index in [0.29, 0.717) is 17.4 Å². The summed E-state index contributed by atoms with van der Waals surface area (Å²) in [5.41, 5.74) is 5.87. The lowest BCUT2D eigenvalue weighted by Crippen LogP contribution is -2.51. The molecular weight excluding hydrogens is 335 g/mol. The average molecular weight is 354 g/mol. The van der Waals surface area contributed by atoms with Crippen molar-refractivity contribution < 1.29 is 9.18 Å². The van der Waals surface area contributed by atoms with Gasteiger partial charge in [-0.3, -0.25) is 4.79 Å². The molecule has 3 nitrogen and oxygen atoms in total. The molecule has 108 valence electrons. The van der Waals surface area contributed by atoms with E-state index in [9.17, 15) is 9.18 Å². The highest BCUT2D eigenvalue weighted by Gasteiger charge is 2.26. The molecule has 0 aliphatic carbocycles. The molecule has 0 spiro atoms. The summed E-state index contributed by atoms with van der Waals surface area (Å²) in [7, 11) is 0. The van der Waals surface area contributed by atoms with Gasteiger partial charge in [0.05, 0.1) is 5.54 Å². The summed E-state index contributed by atoms with van der Waals surface area (Å²) in [6.07, 6.45) is 1.48. The van der Waals surface area contributed by atoms with Gasteiger partial charge in [0.2, 0.25) is 5.91 Å². The van der Waals surface area contributed by atoms with Crippen LogP contribution in [0.25, 0.3) is 0 Å². The average Bonchev–Trinajstić information content (AvgIpc) is 2.27. The largest absolute Gasteiger partial charge is 0.350 e. The minimum absolute atomic E-state index is 0. The number of amides is 1. The molecule has 0 fully saturated rings. The Labute approximate surface area is 127 Å². The lowest BCUT2D eigenvalue weighted by atomic mass is 9.96. The maximum Gasteiger partial charge on any atom is 0.240 e. The summed E-state index contributed by atoms with van der Waals surface area (Å²) >= 11 is 3.26. The van der Waals surface area contributed by atoms with Crippen molar-refractivity contribution in [3.8, 4) is 0 Å². The van der Waals surface area contributed by atoms with Gasteiger partial charge in [0.25, 0.3) is 0 Å². The highest BCUT2D eigenvalue weighted by molar-refractivity contribution is 9.10. The van der Waals surface area contributed by atoms with Gasteiger partial charge < -0.3 is 11.1 Å². The summed E-state index contributed by atoms with van der Waals surface area (Å²) in [6, 6.07) is 4.36. The predicted molar refractivity (Wildman–Crippen MR) is 80.7 cm³/mol. The molecule has 1 atom stereocenters. The highest BCUT2D eigenvalue weighted by atomic mass is 79.9. The van der Waals surface area contributed by atoms with E-state index in [1.54, 1.807) is 13.0 Å². The van der Waals surface area contributed by atoms with Crippen molar-refractivity contribution in [2.75, 3.05) is 0 Å². The Hall–Kier alpha value is -0.650. The SMILES string of the molecule is CCCC(C)(N)C(=O)NCc1ccc(F)cc1Br.Cl. The number of hydrogen-bond acceptors (Lipinski definition) is 2. The van der Waals surface area contributed by atoms with Crippen LogP contribution < -0.4 is 11.1 Å². The monoisotopic (exact) mass is 352 g/mol. The molecule has 0 aliphatic heterocycles. The minimum atomic E-state index is -0.860. The molecule has 0 radical (unpaired) electrons. The van der Waals surface area contributed by atoms with Gasteiger partial charge in [0.15, 0.2) is 0 Å². The maximum atomic E-state index is 12.9. The van der Waals surface area contributed by atoms with Crippen molar-refractivity contribution in [2.45, 2.75) is 38.8 Å². The molecule has 19 heavy (non-hydrogen) atoms. The smallest absolute Gasteiger partial charge is 0.240 e. The molecule has 1 rings (SSSR count). The normalized spacial score (nSPS) is 13.3. The van der Waals surface area contributed by atoms with E-state index in [0.717, 1.165) is 12.0 Å². The van der Waals surface area contributed by atoms with Gasteiger partial charge in [-0.25, -0.2) is 4.39 Å². The quantitative estimate of drug-likeness (QED) is 0.854. The fourth-order valence-electron chi connectivity index (χ4n) is 1.68. The number of rotatable bonds is 5. The van der Waals surface area contributed by atoms with Crippen LogP contribution in [0.15, 0.2) is 22.7 Å². The summed E-state index contributed by atoms with van der Waals surface area (Å²) in [6.45, 7) is 4.02. The van der Waals surface area contributed by atoms with Crippen LogP contribution in [0.4, 0.5) is 4.39 Å². The second kappa shape index (κ2) is 7.82. The third kappa shape index (κ3) is 5.47. The van der Waals surface area contributed by atoms with Crippen LogP contribution in [0, 0.1) is 5.82 Å². The van der Waals surface area contributed by atoms with E-state index >= 15 is 0 Å². The van der Waals surface area contributed by atoms with Crippen LogP contribution in [0.5, 0.6) is 0 Å². The zero-order valence-electron chi connectivity index (χ0n) is 11.0. The van der Waals surface area contributed by atoms with Gasteiger partial charge >= 0.3 is 0 Å². The molecule has 0 aromatic heterocycles. The van der Waals surface area contributed by atoms with Gasteiger partial charge in [-0.15, -0.1) is 12.4 Å². The van der Waals surface area contributed by atoms with Crippen LogP contribution in [-0.4, -0.2) is 11.4 Å². The second-order valence-electron chi connectivity index (χ2n) is 4.59. The third-order valence-electron chi connectivity index (χ3n) is 2.74. The molecule has 0 bridgehead atoms. The van der Waals surface area contributed by atoms with E-state index < -0.39 is 5.54 Å². The van der Waals surface area contributed by atoms with Crippen molar-refractivity contribution in [1.29, 1.82) is 0 Å². The number of hydrogen-bond donors (Lipinski definition) is 2. The summed E-state index contributed by atoms with van der Waals surface area (Å²) < 4.78 is 13.5. The maximum absolute atomic E-state index is 12.9. The van der Waals surface area contributed by atoms with Crippen molar-refractivity contribution in [3.05, 3.63) is 34.1 Å². The van der Waals surface area contributed by atoms with E-state index in [2.05, 4.69) is 21.2 Å². The Morgan fingerprint density at radius 1 is 1.53 bits per heavy atom.